The van der Waals surface area contributed by atoms with Crippen LogP contribution in [-0.4, -0.2) is 32.7 Å². The molecule has 0 spiro atoms. The Kier molecular flexibility index (Phi) is 3.95. The zero-order chi connectivity index (χ0) is 16.5. The molecule has 2 N–H and O–H groups in total. The summed E-state index contributed by atoms with van der Waals surface area (Å²) in [5.74, 6) is 0. The Balaban J connectivity index is 1.53. The second kappa shape index (κ2) is 6.26. The second-order valence-electron chi connectivity index (χ2n) is 5.48. The van der Waals surface area contributed by atoms with Crippen molar-refractivity contribution in [3.63, 3.8) is 0 Å². The third-order valence-electron chi connectivity index (χ3n) is 3.93. The van der Waals surface area contributed by atoms with Crippen molar-refractivity contribution in [3.8, 4) is 10.7 Å². The van der Waals surface area contributed by atoms with E-state index < -0.39 is 0 Å². The van der Waals surface area contributed by atoms with E-state index >= 15 is 0 Å². The predicted molar refractivity (Wildman–Crippen MR) is 94.3 cm³/mol. The fraction of sp³-hybridized carbons (Fsp3) is 0.188. The molecule has 0 saturated heterocycles. The largest absolute Gasteiger partial charge is 0.322 e. The molecule has 1 aliphatic heterocycles. The molecule has 0 saturated carbocycles. The van der Waals surface area contributed by atoms with Gasteiger partial charge in [-0.1, -0.05) is 17.7 Å². The molecule has 3 aromatic rings. The van der Waals surface area contributed by atoms with Gasteiger partial charge in [-0.15, -0.1) is 11.3 Å². The first-order valence-electron chi connectivity index (χ1n) is 7.48. The van der Waals surface area contributed by atoms with Crippen LogP contribution in [0, 0.1) is 0 Å². The number of aromatic amines is 1. The van der Waals surface area contributed by atoms with Crippen LogP contribution >= 0.6 is 22.9 Å². The van der Waals surface area contributed by atoms with Gasteiger partial charge in [0.2, 0.25) is 0 Å². The lowest BCUT2D eigenvalue weighted by molar-refractivity contribution is 0.206. The fourth-order valence-electron chi connectivity index (χ4n) is 2.75. The molecular formula is C16H14ClN5OS. The molecule has 0 bridgehead atoms. The highest BCUT2D eigenvalue weighted by Gasteiger charge is 2.26. The van der Waals surface area contributed by atoms with E-state index in [0.717, 1.165) is 28.4 Å². The monoisotopic (exact) mass is 359 g/mol. The number of carbonyl (C=O) groups excluding carboxylic acids is 1. The SMILES string of the molecule is O=C(Nc1cccc(Cl)c1)N1CCc2[nH]nc(-c3nccs3)c2C1. The molecule has 2 amide bonds. The summed E-state index contributed by atoms with van der Waals surface area (Å²) in [6.07, 6.45) is 2.50. The van der Waals surface area contributed by atoms with Gasteiger partial charge in [0.05, 0.1) is 6.54 Å². The van der Waals surface area contributed by atoms with Crippen molar-refractivity contribution in [3.05, 3.63) is 52.1 Å². The molecule has 4 rings (SSSR count). The number of hydrogen-bond acceptors (Lipinski definition) is 4. The molecular weight excluding hydrogens is 346 g/mol. The molecule has 0 radical (unpaired) electrons. The number of halogens is 1. The quantitative estimate of drug-likeness (QED) is 0.731. The third-order valence-corrected chi connectivity index (χ3v) is 4.95. The Bertz CT molecular complexity index is 876. The molecule has 2 aromatic heterocycles. The normalized spacial score (nSPS) is 13.6. The van der Waals surface area contributed by atoms with Crippen molar-refractivity contribution in [1.82, 2.24) is 20.1 Å². The molecule has 0 atom stereocenters. The summed E-state index contributed by atoms with van der Waals surface area (Å²) in [4.78, 5) is 18.6. The lowest BCUT2D eigenvalue weighted by Crippen LogP contribution is -2.38. The number of fused-ring (bicyclic) bond motifs is 1. The van der Waals surface area contributed by atoms with Crippen LogP contribution in [0.25, 0.3) is 10.7 Å². The van der Waals surface area contributed by atoms with Gasteiger partial charge in [-0.25, -0.2) is 9.78 Å². The Morgan fingerprint density at radius 1 is 1.42 bits per heavy atom. The van der Waals surface area contributed by atoms with E-state index in [2.05, 4.69) is 20.5 Å². The lowest BCUT2D eigenvalue weighted by Gasteiger charge is -2.27. The van der Waals surface area contributed by atoms with Crippen LogP contribution in [0.3, 0.4) is 0 Å². The van der Waals surface area contributed by atoms with Gasteiger partial charge < -0.3 is 10.2 Å². The highest BCUT2D eigenvalue weighted by molar-refractivity contribution is 7.13. The molecule has 8 heteroatoms. The molecule has 0 unspecified atom stereocenters. The van der Waals surface area contributed by atoms with Crippen LogP contribution in [0.2, 0.25) is 5.02 Å². The number of H-pyrrole nitrogens is 1. The van der Waals surface area contributed by atoms with E-state index in [4.69, 9.17) is 11.6 Å². The summed E-state index contributed by atoms with van der Waals surface area (Å²) in [5.41, 5.74) is 3.63. The molecule has 0 aliphatic carbocycles. The maximum Gasteiger partial charge on any atom is 0.322 e. The zero-order valence-corrected chi connectivity index (χ0v) is 14.2. The minimum Gasteiger partial charge on any atom is -0.320 e. The van der Waals surface area contributed by atoms with E-state index in [1.807, 2.05) is 17.5 Å². The summed E-state index contributed by atoms with van der Waals surface area (Å²) in [6, 6.07) is 6.99. The highest BCUT2D eigenvalue weighted by Crippen LogP contribution is 2.29. The number of rotatable bonds is 2. The predicted octanol–water partition coefficient (Wildman–Crippen LogP) is 3.78. The third kappa shape index (κ3) is 2.88. The first-order valence-corrected chi connectivity index (χ1v) is 8.74. The molecule has 1 aromatic carbocycles. The highest BCUT2D eigenvalue weighted by atomic mass is 35.5. The Labute approximate surface area is 147 Å². The van der Waals surface area contributed by atoms with Gasteiger partial charge in [-0.3, -0.25) is 5.10 Å². The maximum atomic E-state index is 12.5. The van der Waals surface area contributed by atoms with Gasteiger partial charge in [-0.2, -0.15) is 5.10 Å². The Hall–Kier alpha value is -2.38. The van der Waals surface area contributed by atoms with Crippen LogP contribution in [0.15, 0.2) is 35.8 Å². The van der Waals surface area contributed by atoms with Crippen LogP contribution in [-0.2, 0) is 13.0 Å². The summed E-state index contributed by atoms with van der Waals surface area (Å²) in [7, 11) is 0. The standard InChI is InChI=1S/C16H14ClN5OS/c17-10-2-1-3-11(8-10)19-16(23)22-6-4-13-12(9-22)14(21-20-13)15-18-5-7-24-15/h1-3,5,7-8H,4,6,9H2,(H,19,23)(H,20,21). The lowest BCUT2D eigenvalue weighted by atomic mass is 10.1. The van der Waals surface area contributed by atoms with Crippen molar-refractivity contribution >= 4 is 34.7 Å². The number of aromatic nitrogens is 3. The van der Waals surface area contributed by atoms with E-state index in [-0.39, 0.29) is 6.03 Å². The average molecular weight is 360 g/mol. The van der Waals surface area contributed by atoms with Crippen LogP contribution in [0.1, 0.15) is 11.3 Å². The molecule has 24 heavy (non-hydrogen) atoms. The second-order valence-corrected chi connectivity index (χ2v) is 6.81. The van der Waals surface area contributed by atoms with E-state index in [9.17, 15) is 4.79 Å². The number of carbonyl (C=O) groups is 1. The van der Waals surface area contributed by atoms with Crippen LogP contribution in [0.5, 0.6) is 0 Å². The van der Waals surface area contributed by atoms with Gasteiger partial charge in [0, 0.05) is 46.5 Å². The minimum absolute atomic E-state index is 0.144. The van der Waals surface area contributed by atoms with Crippen molar-refractivity contribution < 1.29 is 4.79 Å². The molecule has 3 heterocycles. The number of hydrogen-bond donors (Lipinski definition) is 2. The average Bonchev–Trinajstić information content (AvgIpc) is 3.23. The summed E-state index contributed by atoms with van der Waals surface area (Å²) in [5, 5.41) is 13.7. The number of anilines is 1. The van der Waals surface area contributed by atoms with Gasteiger partial charge in [0.15, 0.2) is 0 Å². The first-order chi connectivity index (χ1) is 11.7. The van der Waals surface area contributed by atoms with E-state index in [1.165, 1.54) is 11.3 Å². The molecule has 1 aliphatic rings. The van der Waals surface area contributed by atoms with Crippen molar-refractivity contribution in [2.45, 2.75) is 13.0 Å². The maximum absolute atomic E-state index is 12.5. The number of nitrogens with zero attached hydrogens (tertiary/aromatic N) is 3. The van der Waals surface area contributed by atoms with E-state index in [1.54, 1.807) is 23.2 Å². The minimum atomic E-state index is -0.144. The van der Waals surface area contributed by atoms with Crippen molar-refractivity contribution in [2.24, 2.45) is 0 Å². The Morgan fingerprint density at radius 2 is 2.33 bits per heavy atom. The smallest absolute Gasteiger partial charge is 0.320 e. The fourth-order valence-corrected chi connectivity index (χ4v) is 3.60. The number of amides is 2. The van der Waals surface area contributed by atoms with Gasteiger partial charge in [0.25, 0.3) is 0 Å². The van der Waals surface area contributed by atoms with Crippen molar-refractivity contribution in [2.75, 3.05) is 11.9 Å². The van der Waals surface area contributed by atoms with Crippen LogP contribution in [0.4, 0.5) is 10.5 Å². The van der Waals surface area contributed by atoms with Crippen molar-refractivity contribution in [1.29, 1.82) is 0 Å². The van der Waals surface area contributed by atoms with E-state index in [0.29, 0.717) is 23.8 Å². The van der Waals surface area contributed by atoms with Gasteiger partial charge in [-0.05, 0) is 18.2 Å². The molecule has 6 nitrogen and oxygen atoms in total. The molecule has 0 fully saturated rings. The first kappa shape index (κ1) is 15.2. The summed E-state index contributed by atoms with van der Waals surface area (Å²) >= 11 is 7.50. The number of urea groups is 1. The summed E-state index contributed by atoms with van der Waals surface area (Å²) in [6.45, 7) is 1.14. The van der Waals surface area contributed by atoms with Crippen LogP contribution < -0.4 is 5.32 Å². The number of benzene rings is 1. The Morgan fingerprint density at radius 3 is 3.12 bits per heavy atom. The summed E-state index contributed by atoms with van der Waals surface area (Å²) < 4.78 is 0. The molecule has 122 valence electrons. The zero-order valence-electron chi connectivity index (χ0n) is 12.6. The topological polar surface area (TPSA) is 73.9 Å². The van der Waals surface area contributed by atoms with Gasteiger partial charge in [0.1, 0.15) is 10.7 Å². The number of thiazole rings is 1. The van der Waals surface area contributed by atoms with Gasteiger partial charge >= 0.3 is 6.03 Å². The number of nitrogens with one attached hydrogen (secondary N) is 2.